The third-order valence-corrected chi connectivity index (χ3v) is 6.39. The highest BCUT2D eigenvalue weighted by molar-refractivity contribution is 7.22. The Kier molecular flexibility index (Phi) is 5.55. The zero-order valence-corrected chi connectivity index (χ0v) is 17.7. The molecule has 2 aromatic carbocycles. The summed E-state index contributed by atoms with van der Waals surface area (Å²) in [7, 11) is 0. The number of hydrogen-bond donors (Lipinski definition) is 0. The van der Waals surface area contributed by atoms with Crippen molar-refractivity contribution in [2.24, 2.45) is 0 Å². The van der Waals surface area contributed by atoms with Gasteiger partial charge in [0.25, 0.3) is 5.91 Å². The molecule has 32 heavy (non-hydrogen) atoms. The number of pyridine rings is 1. The first-order valence-corrected chi connectivity index (χ1v) is 10.9. The number of benzene rings is 2. The van der Waals surface area contributed by atoms with Crippen LogP contribution in [0.1, 0.15) is 10.4 Å². The van der Waals surface area contributed by atoms with Crippen LogP contribution in [-0.4, -0.2) is 42.1 Å². The zero-order chi connectivity index (χ0) is 22.1. The van der Waals surface area contributed by atoms with Crippen LogP contribution >= 0.6 is 11.3 Å². The Hall–Kier alpha value is -3.36. The van der Waals surface area contributed by atoms with Gasteiger partial charge in [-0.3, -0.25) is 9.78 Å². The van der Waals surface area contributed by atoms with Gasteiger partial charge in [-0.2, -0.15) is 0 Å². The molecule has 0 radical (unpaired) electrons. The Morgan fingerprint density at radius 1 is 1.00 bits per heavy atom. The predicted molar refractivity (Wildman–Crippen MR) is 118 cm³/mol. The lowest BCUT2D eigenvalue weighted by atomic mass is 10.1. The first kappa shape index (κ1) is 20.5. The molecule has 1 fully saturated rings. The van der Waals surface area contributed by atoms with Crippen molar-refractivity contribution in [2.75, 3.05) is 26.3 Å². The van der Waals surface area contributed by atoms with Gasteiger partial charge in [0.05, 0.1) is 23.4 Å². The maximum Gasteiger partial charge on any atom is 0.254 e. The summed E-state index contributed by atoms with van der Waals surface area (Å²) < 4.78 is 39.2. The van der Waals surface area contributed by atoms with E-state index in [-0.39, 0.29) is 11.7 Å². The number of amides is 1. The highest BCUT2D eigenvalue weighted by Gasteiger charge is 2.19. The number of rotatable bonds is 4. The smallest absolute Gasteiger partial charge is 0.254 e. The van der Waals surface area contributed by atoms with E-state index in [1.807, 2.05) is 30.3 Å². The van der Waals surface area contributed by atoms with E-state index in [1.165, 1.54) is 11.3 Å². The number of thiophene rings is 1. The molecule has 1 saturated heterocycles. The van der Waals surface area contributed by atoms with Crippen LogP contribution in [0.25, 0.3) is 20.7 Å². The number of carbonyl (C=O) groups excluding carboxylic acids is 1. The number of hydrogen-bond acceptors (Lipinski definition) is 5. The monoisotopic (exact) mass is 452 g/mol. The molecule has 5 nitrogen and oxygen atoms in total. The lowest BCUT2D eigenvalue weighted by Gasteiger charge is -2.26. The lowest BCUT2D eigenvalue weighted by molar-refractivity contribution is 0.0303. The Morgan fingerprint density at radius 3 is 2.56 bits per heavy atom. The maximum atomic E-state index is 14.0. The van der Waals surface area contributed by atoms with E-state index < -0.39 is 11.6 Å². The fourth-order valence-corrected chi connectivity index (χ4v) is 4.61. The van der Waals surface area contributed by atoms with Gasteiger partial charge in [-0.25, -0.2) is 8.78 Å². The van der Waals surface area contributed by atoms with Crippen molar-refractivity contribution in [1.82, 2.24) is 9.88 Å². The van der Waals surface area contributed by atoms with Crippen LogP contribution in [0.3, 0.4) is 0 Å². The van der Waals surface area contributed by atoms with Crippen LogP contribution in [0.5, 0.6) is 11.5 Å². The minimum Gasteiger partial charge on any atom is -0.453 e. The van der Waals surface area contributed by atoms with Crippen molar-refractivity contribution >= 4 is 27.5 Å². The molecule has 0 spiro atoms. The molecule has 162 valence electrons. The maximum absolute atomic E-state index is 14.0. The summed E-state index contributed by atoms with van der Waals surface area (Å²) in [5, 5.41) is 0. The largest absolute Gasteiger partial charge is 0.453 e. The third-order valence-electron chi connectivity index (χ3n) is 5.20. The average Bonchev–Trinajstić information content (AvgIpc) is 3.27. The normalized spacial score (nSPS) is 14.0. The number of nitrogens with zero attached hydrogens (tertiary/aromatic N) is 2. The van der Waals surface area contributed by atoms with Crippen molar-refractivity contribution in [3.05, 3.63) is 78.0 Å². The molecule has 1 aliphatic heterocycles. The minimum absolute atomic E-state index is 0.00864. The molecule has 4 aromatic rings. The quantitative estimate of drug-likeness (QED) is 0.410. The number of morpholine rings is 1. The van der Waals surface area contributed by atoms with Gasteiger partial charge in [-0.05, 0) is 35.9 Å². The molecule has 0 bridgehead atoms. The van der Waals surface area contributed by atoms with Crippen molar-refractivity contribution in [3.63, 3.8) is 0 Å². The van der Waals surface area contributed by atoms with E-state index in [9.17, 15) is 13.6 Å². The summed E-state index contributed by atoms with van der Waals surface area (Å²) >= 11 is 1.43. The zero-order valence-electron chi connectivity index (χ0n) is 16.9. The highest BCUT2D eigenvalue weighted by Crippen LogP contribution is 2.39. The van der Waals surface area contributed by atoms with Crippen molar-refractivity contribution in [2.45, 2.75) is 0 Å². The second-order valence-electron chi connectivity index (χ2n) is 7.29. The summed E-state index contributed by atoms with van der Waals surface area (Å²) in [6, 6.07) is 14.0. The number of aromatic nitrogens is 1. The second kappa shape index (κ2) is 8.64. The molecule has 0 atom stereocenters. The average molecular weight is 452 g/mol. The van der Waals surface area contributed by atoms with E-state index in [4.69, 9.17) is 9.47 Å². The molecule has 1 aliphatic rings. The lowest BCUT2D eigenvalue weighted by Crippen LogP contribution is -2.40. The molecule has 0 unspecified atom stereocenters. The summed E-state index contributed by atoms with van der Waals surface area (Å²) in [5.74, 6) is -1.02. The van der Waals surface area contributed by atoms with Crippen LogP contribution in [0.4, 0.5) is 8.78 Å². The Labute approximate surface area is 186 Å². The van der Waals surface area contributed by atoms with Gasteiger partial charge in [0.2, 0.25) is 0 Å². The van der Waals surface area contributed by atoms with Crippen LogP contribution < -0.4 is 4.74 Å². The predicted octanol–water partition coefficient (Wildman–Crippen LogP) is 5.51. The van der Waals surface area contributed by atoms with E-state index >= 15 is 0 Å². The van der Waals surface area contributed by atoms with E-state index in [2.05, 4.69) is 4.98 Å². The summed E-state index contributed by atoms with van der Waals surface area (Å²) in [6.45, 7) is 2.31. The fourth-order valence-electron chi connectivity index (χ4n) is 3.54. The van der Waals surface area contributed by atoms with E-state index in [0.717, 1.165) is 33.3 Å². The van der Waals surface area contributed by atoms with Gasteiger partial charge in [0.15, 0.2) is 11.6 Å². The summed E-state index contributed by atoms with van der Waals surface area (Å²) in [5.41, 5.74) is 2.24. The van der Waals surface area contributed by atoms with E-state index in [0.29, 0.717) is 43.1 Å². The minimum atomic E-state index is -0.645. The van der Waals surface area contributed by atoms with Gasteiger partial charge >= 0.3 is 0 Å². The van der Waals surface area contributed by atoms with Gasteiger partial charge in [-0.1, -0.05) is 12.1 Å². The first-order valence-electron chi connectivity index (χ1n) is 10.1. The standard InChI is InChI=1S/C24H18F2N2O3S/c25-17-5-6-18(26)21(13-17)31-20-7-8-27-19-14-22(32-23(19)20)15-1-3-16(4-2-15)24(29)28-9-11-30-12-10-28/h1-8,13-14H,9-12H2. The molecular weight excluding hydrogens is 434 g/mol. The molecule has 2 aromatic heterocycles. The molecule has 0 N–H and O–H groups in total. The number of halogens is 2. The van der Waals surface area contributed by atoms with Crippen LogP contribution in [0.2, 0.25) is 0 Å². The molecule has 0 aliphatic carbocycles. The van der Waals surface area contributed by atoms with E-state index in [1.54, 1.807) is 17.2 Å². The van der Waals surface area contributed by atoms with Gasteiger partial charge in [0.1, 0.15) is 11.6 Å². The molecule has 1 amide bonds. The molecule has 3 heterocycles. The molecule has 5 rings (SSSR count). The van der Waals surface area contributed by atoms with Gasteiger partial charge in [0, 0.05) is 41.9 Å². The topological polar surface area (TPSA) is 51.7 Å². The highest BCUT2D eigenvalue weighted by atomic mass is 32.1. The molecule has 0 saturated carbocycles. The Bertz CT molecular complexity index is 1280. The van der Waals surface area contributed by atoms with Gasteiger partial charge in [-0.15, -0.1) is 11.3 Å². The van der Waals surface area contributed by atoms with Crippen LogP contribution in [0, 0.1) is 11.6 Å². The Morgan fingerprint density at radius 2 is 1.78 bits per heavy atom. The summed E-state index contributed by atoms with van der Waals surface area (Å²) in [6.07, 6.45) is 1.56. The number of ether oxygens (including phenoxy) is 2. The number of fused-ring (bicyclic) bond motifs is 1. The molecular formula is C24H18F2N2O3S. The SMILES string of the molecule is O=C(c1ccc(-c2cc3nccc(Oc4cc(F)ccc4F)c3s2)cc1)N1CCOCC1. The summed E-state index contributed by atoms with van der Waals surface area (Å²) in [4.78, 5) is 19.7. The molecule has 8 heteroatoms. The second-order valence-corrected chi connectivity index (χ2v) is 8.35. The van der Waals surface area contributed by atoms with Crippen LogP contribution in [-0.2, 0) is 4.74 Å². The first-order chi connectivity index (χ1) is 15.6. The van der Waals surface area contributed by atoms with Crippen molar-refractivity contribution < 1.29 is 23.0 Å². The number of carbonyl (C=O) groups is 1. The van der Waals surface area contributed by atoms with Gasteiger partial charge < -0.3 is 14.4 Å². The Balaban J connectivity index is 1.42. The van der Waals surface area contributed by atoms with Crippen LogP contribution in [0.15, 0.2) is 60.8 Å². The third kappa shape index (κ3) is 4.06. The fraction of sp³-hybridized carbons (Fsp3) is 0.167. The van der Waals surface area contributed by atoms with Crippen molar-refractivity contribution in [3.8, 4) is 21.9 Å². The van der Waals surface area contributed by atoms with Crippen molar-refractivity contribution in [1.29, 1.82) is 0 Å².